The largest absolute Gasteiger partial charge is 0.477 e. The van der Waals surface area contributed by atoms with Gasteiger partial charge in [-0.1, -0.05) is 6.07 Å². The molecule has 0 atom stereocenters. The number of aromatic carboxylic acids is 1. The van der Waals surface area contributed by atoms with Gasteiger partial charge in [0.1, 0.15) is 17.5 Å². The molecule has 17 heavy (non-hydrogen) atoms. The summed E-state index contributed by atoms with van der Waals surface area (Å²) in [6, 6.07) is 8.65. The molecule has 0 aliphatic rings. The van der Waals surface area contributed by atoms with Gasteiger partial charge in [0, 0.05) is 18.0 Å². The molecule has 2 aromatic rings. The minimum Gasteiger partial charge on any atom is -0.477 e. The van der Waals surface area contributed by atoms with Gasteiger partial charge in [-0.05, 0) is 18.2 Å². The average molecular weight is 227 g/mol. The van der Waals surface area contributed by atoms with Crippen LogP contribution in [0.25, 0.3) is 0 Å². The van der Waals surface area contributed by atoms with Crippen molar-refractivity contribution in [3.05, 3.63) is 53.6 Å². The van der Waals surface area contributed by atoms with Gasteiger partial charge in [0.05, 0.1) is 6.54 Å². The summed E-state index contributed by atoms with van der Waals surface area (Å²) in [5.41, 5.74) is 1.21. The molecule has 2 heterocycles. The molecule has 0 saturated carbocycles. The molecule has 5 heteroatoms. The summed E-state index contributed by atoms with van der Waals surface area (Å²) >= 11 is 0. The van der Waals surface area contributed by atoms with Crippen LogP contribution in [-0.2, 0) is 6.54 Å². The molecule has 84 valence electrons. The molecule has 1 N–H and O–H groups in total. The van der Waals surface area contributed by atoms with Gasteiger partial charge < -0.3 is 9.67 Å². The topological polar surface area (TPSA) is 78.9 Å². The molecule has 0 bridgehead atoms. The van der Waals surface area contributed by atoms with E-state index in [9.17, 15) is 4.79 Å². The van der Waals surface area contributed by atoms with E-state index in [-0.39, 0.29) is 5.69 Å². The smallest absolute Gasteiger partial charge is 0.352 e. The van der Waals surface area contributed by atoms with E-state index in [2.05, 4.69) is 4.98 Å². The summed E-state index contributed by atoms with van der Waals surface area (Å²) in [5.74, 6) is -0.989. The first-order chi connectivity index (χ1) is 8.22. The average Bonchev–Trinajstić information content (AvgIpc) is 2.78. The Morgan fingerprint density at radius 3 is 3.00 bits per heavy atom. The molecule has 2 rings (SSSR count). The molecule has 0 unspecified atom stereocenters. The van der Waals surface area contributed by atoms with Crippen molar-refractivity contribution in [2.75, 3.05) is 0 Å². The van der Waals surface area contributed by atoms with E-state index < -0.39 is 5.97 Å². The van der Waals surface area contributed by atoms with Crippen LogP contribution in [0.1, 0.15) is 21.7 Å². The predicted molar refractivity (Wildman–Crippen MR) is 59.4 cm³/mol. The highest BCUT2D eigenvalue weighted by atomic mass is 16.4. The van der Waals surface area contributed by atoms with Gasteiger partial charge in [-0.3, -0.25) is 0 Å². The van der Waals surface area contributed by atoms with E-state index in [0.717, 1.165) is 0 Å². The van der Waals surface area contributed by atoms with E-state index in [0.29, 0.717) is 17.8 Å². The van der Waals surface area contributed by atoms with Crippen molar-refractivity contribution in [2.45, 2.75) is 6.54 Å². The molecule has 0 amide bonds. The summed E-state index contributed by atoms with van der Waals surface area (Å²) in [7, 11) is 0. The third-order valence-electron chi connectivity index (χ3n) is 2.39. The van der Waals surface area contributed by atoms with E-state index in [1.165, 1.54) is 12.3 Å². The van der Waals surface area contributed by atoms with E-state index in [1.54, 1.807) is 29.0 Å². The van der Waals surface area contributed by atoms with Gasteiger partial charge in [-0.15, -0.1) is 0 Å². The number of carboxylic acid groups (broad SMARTS) is 1. The number of nitrogens with zero attached hydrogens (tertiary/aromatic N) is 3. The number of rotatable bonds is 3. The van der Waals surface area contributed by atoms with Crippen LogP contribution in [0.4, 0.5) is 0 Å². The molecular weight excluding hydrogens is 218 g/mol. The number of aromatic nitrogens is 2. The highest BCUT2D eigenvalue weighted by molar-refractivity contribution is 5.85. The van der Waals surface area contributed by atoms with Gasteiger partial charge >= 0.3 is 5.97 Å². The van der Waals surface area contributed by atoms with Crippen molar-refractivity contribution in [3.63, 3.8) is 0 Å². The second kappa shape index (κ2) is 4.49. The first-order valence-electron chi connectivity index (χ1n) is 4.95. The number of hydrogen-bond acceptors (Lipinski definition) is 3. The van der Waals surface area contributed by atoms with E-state index in [1.807, 2.05) is 6.07 Å². The first kappa shape index (κ1) is 10.9. The van der Waals surface area contributed by atoms with E-state index >= 15 is 0 Å². The second-order valence-corrected chi connectivity index (χ2v) is 3.45. The number of nitriles is 1. The van der Waals surface area contributed by atoms with Crippen LogP contribution in [-0.4, -0.2) is 20.6 Å². The van der Waals surface area contributed by atoms with Gasteiger partial charge in [0.15, 0.2) is 0 Å². The summed E-state index contributed by atoms with van der Waals surface area (Å²) in [5, 5.41) is 17.8. The number of carbonyl (C=O) groups is 1. The molecule has 0 aliphatic heterocycles. The van der Waals surface area contributed by atoms with Crippen LogP contribution in [0.5, 0.6) is 0 Å². The number of pyridine rings is 1. The van der Waals surface area contributed by atoms with Crippen molar-refractivity contribution in [1.29, 1.82) is 5.26 Å². The van der Waals surface area contributed by atoms with Crippen LogP contribution in [0.15, 0.2) is 36.7 Å². The van der Waals surface area contributed by atoms with Crippen LogP contribution in [0.2, 0.25) is 0 Å². The Bertz CT molecular complexity index is 596. The van der Waals surface area contributed by atoms with E-state index in [4.69, 9.17) is 10.4 Å². The normalized spacial score (nSPS) is 9.82. The van der Waals surface area contributed by atoms with Crippen molar-refractivity contribution in [2.24, 2.45) is 0 Å². The van der Waals surface area contributed by atoms with Gasteiger partial charge in [-0.2, -0.15) is 5.26 Å². The van der Waals surface area contributed by atoms with Gasteiger partial charge in [0.25, 0.3) is 0 Å². The molecule has 0 spiro atoms. The fourth-order valence-corrected chi connectivity index (χ4v) is 1.60. The Labute approximate surface area is 97.6 Å². The zero-order valence-corrected chi connectivity index (χ0v) is 8.87. The zero-order valence-electron chi connectivity index (χ0n) is 8.87. The zero-order chi connectivity index (χ0) is 12.3. The molecule has 0 aliphatic carbocycles. The summed E-state index contributed by atoms with van der Waals surface area (Å²) in [6.07, 6.45) is 3.20. The lowest BCUT2D eigenvalue weighted by Gasteiger charge is -2.07. The van der Waals surface area contributed by atoms with Crippen LogP contribution in [0.3, 0.4) is 0 Å². The van der Waals surface area contributed by atoms with Crippen molar-refractivity contribution in [3.8, 4) is 6.07 Å². The lowest BCUT2D eigenvalue weighted by molar-refractivity contribution is 0.0685. The lowest BCUT2D eigenvalue weighted by atomic mass is 10.2. The Morgan fingerprint density at radius 2 is 2.29 bits per heavy atom. The standard InChI is InChI=1S/C12H9N3O2/c13-7-10-9(3-1-5-14-10)8-15-6-2-4-11(15)12(16)17/h1-6H,8H2,(H,16,17). The predicted octanol–water partition coefficient (Wildman–Crippen LogP) is 1.50. The minimum absolute atomic E-state index is 0.192. The molecular formula is C12H9N3O2. The van der Waals surface area contributed by atoms with Crippen LogP contribution in [0, 0.1) is 11.3 Å². The summed E-state index contributed by atoms with van der Waals surface area (Å²) in [4.78, 5) is 14.9. The van der Waals surface area contributed by atoms with Crippen molar-refractivity contribution < 1.29 is 9.90 Å². The second-order valence-electron chi connectivity index (χ2n) is 3.45. The van der Waals surface area contributed by atoms with Gasteiger partial charge in [-0.25, -0.2) is 9.78 Å². The minimum atomic E-state index is -0.989. The Kier molecular flexibility index (Phi) is 2.88. The maximum absolute atomic E-state index is 10.9. The van der Waals surface area contributed by atoms with Crippen molar-refractivity contribution in [1.82, 2.24) is 9.55 Å². The maximum Gasteiger partial charge on any atom is 0.352 e. The molecule has 2 aromatic heterocycles. The van der Waals surface area contributed by atoms with Crippen molar-refractivity contribution >= 4 is 5.97 Å². The Hall–Kier alpha value is -2.61. The molecule has 0 fully saturated rings. The Morgan fingerprint density at radius 1 is 1.47 bits per heavy atom. The van der Waals surface area contributed by atoms with Crippen LogP contribution < -0.4 is 0 Å². The van der Waals surface area contributed by atoms with Crippen LogP contribution >= 0.6 is 0 Å². The number of carboxylic acids is 1. The molecule has 0 saturated heterocycles. The quantitative estimate of drug-likeness (QED) is 0.861. The summed E-state index contributed by atoms with van der Waals surface area (Å²) in [6.45, 7) is 0.325. The number of hydrogen-bond donors (Lipinski definition) is 1. The first-order valence-corrected chi connectivity index (χ1v) is 4.95. The molecule has 0 aromatic carbocycles. The van der Waals surface area contributed by atoms with Gasteiger partial charge in [0.2, 0.25) is 0 Å². The molecule has 5 nitrogen and oxygen atoms in total. The molecule has 0 radical (unpaired) electrons. The third-order valence-corrected chi connectivity index (χ3v) is 2.39. The highest BCUT2D eigenvalue weighted by Crippen LogP contribution is 2.10. The fraction of sp³-hybridized carbons (Fsp3) is 0.0833. The fourth-order valence-electron chi connectivity index (χ4n) is 1.60. The monoisotopic (exact) mass is 227 g/mol. The third kappa shape index (κ3) is 2.16. The summed E-state index contributed by atoms with van der Waals surface area (Å²) < 4.78 is 1.57. The maximum atomic E-state index is 10.9. The lowest BCUT2D eigenvalue weighted by Crippen LogP contribution is -2.09. The highest BCUT2D eigenvalue weighted by Gasteiger charge is 2.10. The SMILES string of the molecule is N#Cc1ncccc1Cn1cccc1C(=O)O. The Balaban J connectivity index is 2.35.